The molecular formula is C44H32N4S. The molecule has 9 rings (SSSR count). The van der Waals surface area contributed by atoms with Crippen LogP contribution < -0.4 is 14.7 Å². The first kappa shape index (κ1) is 29.1. The molecule has 5 heteroatoms. The fourth-order valence-electron chi connectivity index (χ4n) is 6.80. The summed E-state index contributed by atoms with van der Waals surface area (Å²) in [5.41, 5.74) is 11.8. The zero-order chi connectivity index (χ0) is 32.6. The van der Waals surface area contributed by atoms with Gasteiger partial charge in [-0.3, -0.25) is 4.90 Å². The molecule has 7 aromatic rings. The van der Waals surface area contributed by atoms with Gasteiger partial charge in [0.1, 0.15) is 5.82 Å². The molecule has 3 heterocycles. The van der Waals surface area contributed by atoms with E-state index in [-0.39, 0.29) is 0 Å². The van der Waals surface area contributed by atoms with Gasteiger partial charge in [0.25, 0.3) is 0 Å². The summed E-state index contributed by atoms with van der Waals surface area (Å²) in [6.07, 6.45) is 6.18. The van der Waals surface area contributed by atoms with Crippen LogP contribution in [0, 0.1) is 0 Å². The molecule has 0 fully saturated rings. The molecule has 0 bridgehead atoms. The first-order valence-corrected chi connectivity index (χ1v) is 17.3. The highest BCUT2D eigenvalue weighted by atomic mass is 32.2. The number of nitrogens with zero attached hydrogens (tertiary/aromatic N) is 4. The van der Waals surface area contributed by atoms with Crippen LogP contribution in [0.1, 0.15) is 0 Å². The highest BCUT2D eigenvalue weighted by Gasteiger charge is 2.27. The SMILES string of the molecule is C1=CN(c2cccc(Sc3ccc4c(c3)N(c3ccccn3)c3ccc(-c5ccccc5)cc3-c3ccccc3-4)c2)CN1c1ccccc1. The van der Waals surface area contributed by atoms with Crippen molar-refractivity contribution < 1.29 is 0 Å². The van der Waals surface area contributed by atoms with Gasteiger partial charge in [-0.1, -0.05) is 109 Å². The molecular weight excluding hydrogens is 617 g/mol. The van der Waals surface area contributed by atoms with Crippen LogP contribution in [-0.4, -0.2) is 11.7 Å². The molecule has 1 aromatic heterocycles. The second kappa shape index (κ2) is 12.5. The van der Waals surface area contributed by atoms with Crippen molar-refractivity contribution in [3.63, 3.8) is 0 Å². The van der Waals surface area contributed by atoms with E-state index < -0.39 is 0 Å². The third kappa shape index (κ3) is 5.54. The van der Waals surface area contributed by atoms with Crippen LogP contribution in [0.4, 0.5) is 28.6 Å². The molecule has 0 spiro atoms. The Morgan fingerprint density at radius 1 is 0.449 bits per heavy atom. The number of aromatic nitrogens is 1. The second-order valence-corrected chi connectivity index (χ2v) is 13.3. The number of rotatable bonds is 6. The van der Waals surface area contributed by atoms with Gasteiger partial charge in [0.2, 0.25) is 0 Å². The lowest BCUT2D eigenvalue weighted by Crippen LogP contribution is -2.24. The molecule has 2 aliphatic rings. The topological polar surface area (TPSA) is 22.6 Å². The quantitative estimate of drug-likeness (QED) is 0.178. The van der Waals surface area contributed by atoms with E-state index in [4.69, 9.17) is 4.98 Å². The highest BCUT2D eigenvalue weighted by Crippen LogP contribution is 2.52. The highest BCUT2D eigenvalue weighted by molar-refractivity contribution is 7.99. The van der Waals surface area contributed by atoms with Crippen molar-refractivity contribution in [1.82, 2.24) is 4.98 Å². The van der Waals surface area contributed by atoms with Gasteiger partial charge in [-0.25, -0.2) is 4.98 Å². The van der Waals surface area contributed by atoms with Crippen molar-refractivity contribution in [2.75, 3.05) is 21.4 Å². The lowest BCUT2D eigenvalue weighted by molar-refractivity contribution is 0.973. The first-order chi connectivity index (χ1) is 24.3. The maximum Gasteiger partial charge on any atom is 0.137 e. The molecule has 0 unspecified atom stereocenters. The molecule has 6 aromatic carbocycles. The maximum absolute atomic E-state index is 4.89. The standard InChI is InChI=1S/C44H32N4S/c1-3-12-32(13-4-1)33-21-24-42-41(28-33)39-19-8-7-18-38(39)40-23-22-37(30-43(40)48(42)44-20-9-10-25-45-44)49-36-17-11-16-35(29-36)47-27-26-46(31-47)34-14-5-2-6-15-34/h1-30H,31H2. The Bertz CT molecular complexity index is 2300. The predicted molar refractivity (Wildman–Crippen MR) is 205 cm³/mol. The molecule has 0 radical (unpaired) electrons. The number of para-hydroxylation sites is 1. The number of hydrogen-bond acceptors (Lipinski definition) is 5. The zero-order valence-corrected chi connectivity index (χ0v) is 27.5. The predicted octanol–water partition coefficient (Wildman–Crippen LogP) is 11.8. The average molecular weight is 649 g/mol. The van der Waals surface area contributed by atoms with Crippen LogP contribution in [0.25, 0.3) is 33.4 Å². The summed E-state index contributed by atoms with van der Waals surface area (Å²) >= 11 is 1.79. The van der Waals surface area contributed by atoms with Gasteiger partial charge >= 0.3 is 0 Å². The van der Waals surface area contributed by atoms with Gasteiger partial charge in [0, 0.05) is 50.9 Å². The monoisotopic (exact) mass is 648 g/mol. The molecule has 234 valence electrons. The second-order valence-electron chi connectivity index (χ2n) is 12.2. The third-order valence-electron chi connectivity index (χ3n) is 9.14. The molecule has 0 N–H and O–H groups in total. The Labute approximate surface area is 291 Å². The lowest BCUT2D eigenvalue weighted by atomic mass is 9.92. The van der Waals surface area contributed by atoms with Crippen molar-refractivity contribution in [1.29, 1.82) is 0 Å². The summed E-state index contributed by atoms with van der Waals surface area (Å²) in [4.78, 5) is 14.1. The summed E-state index contributed by atoms with van der Waals surface area (Å²) in [5, 5.41) is 0. The number of hydrogen-bond donors (Lipinski definition) is 0. The van der Waals surface area contributed by atoms with Crippen molar-refractivity contribution in [3.05, 3.63) is 182 Å². The van der Waals surface area contributed by atoms with E-state index in [0.717, 1.165) is 23.9 Å². The van der Waals surface area contributed by atoms with Crippen LogP contribution in [0.15, 0.2) is 192 Å². The molecule has 0 amide bonds. The summed E-state index contributed by atoms with van der Waals surface area (Å²) in [7, 11) is 0. The average Bonchev–Trinajstić information content (AvgIpc) is 3.63. The van der Waals surface area contributed by atoms with Crippen LogP contribution in [0.5, 0.6) is 0 Å². The van der Waals surface area contributed by atoms with E-state index in [1.54, 1.807) is 11.8 Å². The van der Waals surface area contributed by atoms with Crippen molar-refractivity contribution in [3.8, 4) is 33.4 Å². The minimum Gasteiger partial charge on any atom is -0.328 e. The van der Waals surface area contributed by atoms with Crippen LogP contribution in [-0.2, 0) is 0 Å². The van der Waals surface area contributed by atoms with Gasteiger partial charge in [0.05, 0.1) is 18.0 Å². The number of anilines is 5. The Morgan fingerprint density at radius 3 is 1.94 bits per heavy atom. The Hall–Kier alpha value is -6.04. The van der Waals surface area contributed by atoms with Crippen molar-refractivity contribution in [2.45, 2.75) is 9.79 Å². The van der Waals surface area contributed by atoms with Crippen molar-refractivity contribution in [2.24, 2.45) is 0 Å². The minimum atomic E-state index is 0.779. The third-order valence-corrected chi connectivity index (χ3v) is 10.1. The summed E-state index contributed by atoms with van der Waals surface area (Å²) < 4.78 is 0. The summed E-state index contributed by atoms with van der Waals surface area (Å²) in [6.45, 7) is 0.779. The Kier molecular flexibility index (Phi) is 7.45. The van der Waals surface area contributed by atoms with Crippen molar-refractivity contribution >= 4 is 40.3 Å². The Balaban J connectivity index is 1.11. The van der Waals surface area contributed by atoms with E-state index in [1.165, 1.54) is 54.5 Å². The molecule has 0 atom stereocenters. The minimum absolute atomic E-state index is 0.779. The number of fused-ring (bicyclic) bond motifs is 5. The lowest BCUT2D eigenvalue weighted by Gasteiger charge is -2.27. The molecule has 4 nitrogen and oxygen atoms in total. The first-order valence-electron chi connectivity index (χ1n) is 16.5. The van der Waals surface area contributed by atoms with E-state index in [1.807, 2.05) is 12.3 Å². The summed E-state index contributed by atoms with van der Waals surface area (Å²) in [6, 6.07) is 58.5. The zero-order valence-electron chi connectivity index (χ0n) is 26.7. The van der Waals surface area contributed by atoms with Gasteiger partial charge in [-0.15, -0.1) is 0 Å². The number of benzene rings is 6. The number of pyridine rings is 1. The van der Waals surface area contributed by atoms with Gasteiger partial charge in [-0.05, 0) is 89.0 Å². The van der Waals surface area contributed by atoms with Gasteiger partial charge in [-0.2, -0.15) is 0 Å². The normalized spacial score (nSPS) is 13.1. The van der Waals surface area contributed by atoms with Crippen LogP contribution in [0.2, 0.25) is 0 Å². The molecule has 0 saturated carbocycles. The van der Waals surface area contributed by atoms with Gasteiger partial charge < -0.3 is 9.80 Å². The van der Waals surface area contributed by atoms with Crippen LogP contribution >= 0.6 is 11.8 Å². The van der Waals surface area contributed by atoms with E-state index >= 15 is 0 Å². The van der Waals surface area contributed by atoms with E-state index in [9.17, 15) is 0 Å². The smallest absolute Gasteiger partial charge is 0.137 e. The summed E-state index contributed by atoms with van der Waals surface area (Å²) in [5.74, 6) is 0.887. The molecule has 0 aliphatic carbocycles. The fourth-order valence-corrected chi connectivity index (χ4v) is 7.70. The van der Waals surface area contributed by atoms with E-state index in [0.29, 0.717) is 0 Å². The molecule has 0 saturated heterocycles. The molecule has 2 aliphatic heterocycles. The largest absolute Gasteiger partial charge is 0.328 e. The van der Waals surface area contributed by atoms with E-state index in [2.05, 4.69) is 185 Å². The Morgan fingerprint density at radius 2 is 1.14 bits per heavy atom. The maximum atomic E-state index is 4.89. The van der Waals surface area contributed by atoms with Crippen LogP contribution in [0.3, 0.4) is 0 Å². The molecule has 49 heavy (non-hydrogen) atoms. The fraction of sp³-hybridized carbons (Fsp3) is 0.0227. The van der Waals surface area contributed by atoms with Gasteiger partial charge in [0.15, 0.2) is 0 Å².